The number of ketones is 1. The molecule has 0 heterocycles. The first-order valence-electron chi connectivity index (χ1n) is 27.8. The quantitative estimate of drug-likeness (QED) is 0.0491. The highest BCUT2D eigenvalue weighted by Crippen LogP contribution is 2.35. The molecule has 0 atom stereocenters. The summed E-state index contributed by atoms with van der Waals surface area (Å²) < 4.78 is 34.0. The normalized spacial score (nSPS) is 26.6. The van der Waals surface area contributed by atoms with Crippen LogP contribution in [0.25, 0.3) is 0 Å². The molecule has 4 rings (SSSR count). The lowest BCUT2D eigenvalue weighted by molar-refractivity contribution is -0.163. The smallest absolute Gasteiger partial charge is 0.306 e. The number of hydrogen-bond acceptors (Lipinski definition) is 13. The second-order valence-corrected chi connectivity index (χ2v) is 23.8. The van der Waals surface area contributed by atoms with Crippen LogP contribution in [-0.2, 0) is 62.0 Å². The van der Waals surface area contributed by atoms with E-state index in [-0.39, 0.29) is 95.0 Å². The molecule has 400 valence electrons. The second-order valence-electron chi connectivity index (χ2n) is 23.8. The molecule has 0 aromatic carbocycles. The third kappa shape index (κ3) is 24.7. The summed E-state index contributed by atoms with van der Waals surface area (Å²) in [5.41, 5.74) is -2.00. The van der Waals surface area contributed by atoms with E-state index in [2.05, 4.69) is 27.7 Å². The molecule has 0 aromatic rings. The van der Waals surface area contributed by atoms with Gasteiger partial charge in [0.15, 0.2) is 0 Å². The molecule has 0 aromatic heterocycles. The Labute approximate surface area is 421 Å². The van der Waals surface area contributed by atoms with Crippen molar-refractivity contribution in [2.24, 2.45) is 58.2 Å². The number of carbonyl (C=O) groups excluding carboxylic acids is 7. The van der Waals surface area contributed by atoms with Crippen molar-refractivity contribution in [2.45, 2.75) is 221 Å². The fourth-order valence-corrected chi connectivity index (χ4v) is 10.6. The first-order chi connectivity index (χ1) is 33.4. The van der Waals surface area contributed by atoms with Gasteiger partial charge in [-0.05, 0) is 86.9 Å². The van der Waals surface area contributed by atoms with Gasteiger partial charge in [-0.3, -0.25) is 33.6 Å². The highest BCUT2D eigenvalue weighted by molar-refractivity contribution is 5.85. The van der Waals surface area contributed by atoms with E-state index >= 15 is 0 Å². The van der Waals surface area contributed by atoms with Gasteiger partial charge in [0.25, 0.3) is 0 Å². The van der Waals surface area contributed by atoms with Gasteiger partial charge in [-0.25, -0.2) is 0 Å². The number of rotatable bonds is 30. The number of Topliss-reactive ketones (excluding diaryl/α,β-unsaturated/α-hetero) is 1. The maximum atomic E-state index is 13.0. The van der Waals surface area contributed by atoms with Gasteiger partial charge >= 0.3 is 35.8 Å². The van der Waals surface area contributed by atoms with E-state index in [1.54, 1.807) is 13.8 Å². The van der Waals surface area contributed by atoms with E-state index in [0.717, 1.165) is 101 Å². The summed E-state index contributed by atoms with van der Waals surface area (Å²) in [5, 5.41) is 0. The summed E-state index contributed by atoms with van der Waals surface area (Å²) in [4.78, 5) is 90.3. The minimum absolute atomic E-state index is 0.0979. The molecule has 13 heteroatoms. The third-order valence-corrected chi connectivity index (χ3v) is 16.3. The Hall–Kier alpha value is -3.51. The van der Waals surface area contributed by atoms with Crippen molar-refractivity contribution in [3.63, 3.8) is 0 Å². The van der Waals surface area contributed by atoms with Crippen LogP contribution in [0.1, 0.15) is 221 Å². The van der Waals surface area contributed by atoms with Gasteiger partial charge in [0.1, 0.15) is 45.4 Å². The van der Waals surface area contributed by atoms with E-state index in [0.29, 0.717) is 49.4 Å². The summed E-state index contributed by atoms with van der Waals surface area (Å²) in [7, 11) is 0. The molecule has 4 aliphatic carbocycles. The average molecular weight is 987 g/mol. The van der Waals surface area contributed by atoms with Gasteiger partial charge < -0.3 is 28.4 Å². The van der Waals surface area contributed by atoms with Crippen molar-refractivity contribution in [3.05, 3.63) is 0 Å². The second kappa shape index (κ2) is 31.2. The Morgan fingerprint density at radius 2 is 0.486 bits per heavy atom. The Balaban J connectivity index is 1.20. The molecule has 0 amide bonds. The Morgan fingerprint density at radius 1 is 0.300 bits per heavy atom. The van der Waals surface area contributed by atoms with Crippen LogP contribution < -0.4 is 0 Å². The molecule has 4 aliphatic rings. The van der Waals surface area contributed by atoms with Crippen LogP contribution in [0.5, 0.6) is 0 Å². The molecule has 0 saturated heterocycles. The molecule has 0 bridgehead atoms. The van der Waals surface area contributed by atoms with Crippen LogP contribution in [0.2, 0.25) is 0 Å². The first-order valence-corrected chi connectivity index (χ1v) is 27.8. The highest BCUT2D eigenvalue weighted by atomic mass is 16.6. The topological polar surface area (TPSA) is 175 Å². The molecule has 0 aliphatic heterocycles. The molecule has 4 saturated carbocycles. The molecule has 13 nitrogen and oxygen atoms in total. The van der Waals surface area contributed by atoms with Gasteiger partial charge in [0.05, 0.1) is 23.7 Å². The molecule has 0 N–H and O–H groups in total. The van der Waals surface area contributed by atoms with Crippen molar-refractivity contribution in [2.75, 3.05) is 39.6 Å². The number of hydrogen-bond donors (Lipinski definition) is 0. The zero-order valence-electron chi connectivity index (χ0n) is 44.5. The SMILES string of the molecule is CC1CCC(CCC(=O)OCC(C)(COC(=O)CCC(=O)CCC(=O)OCC(C)(COC(=O)CCC2CCC(C)CC2)COC(=O)CCC2CCC(C)CC2)COC(=O)CCC2CCC(C)CC2)CC1. The third-order valence-electron chi connectivity index (χ3n) is 16.3. The van der Waals surface area contributed by atoms with Crippen LogP contribution in [0, 0.1) is 58.2 Å². The molecular formula is C57H94O13. The summed E-state index contributed by atoms with van der Waals surface area (Å²) >= 11 is 0. The molecule has 0 spiro atoms. The molecule has 0 radical (unpaired) electrons. The molecular weight excluding hydrogens is 893 g/mol. The largest absolute Gasteiger partial charge is 0.465 e. The minimum Gasteiger partial charge on any atom is -0.465 e. The number of ether oxygens (including phenoxy) is 6. The first kappa shape index (κ1) is 59.1. The predicted molar refractivity (Wildman–Crippen MR) is 267 cm³/mol. The Morgan fingerprint density at radius 3 is 0.686 bits per heavy atom. The average Bonchev–Trinajstić information content (AvgIpc) is 3.35. The van der Waals surface area contributed by atoms with Crippen LogP contribution in [-0.4, -0.2) is 81.2 Å². The van der Waals surface area contributed by atoms with Gasteiger partial charge in [-0.2, -0.15) is 0 Å². The standard InChI is InChI=1S/C57H94O13/c1-41-7-15-45(16-8-41)23-29-50(59)65-35-56(5,36-66-51(60)30-24-46-17-9-42(2)10-18-46)39-69-54(63)33-27-49(58)28-34-55(64)70-40-57(6,37-67-52(61)31-25-47-19-11-43(3)12-20-47)38-68-53(62)32-26-48-21-13-44(4)14-22-48/h41-48H,7-40H2,1-6H3. The summed E-state index contributed by atoms with van der Waals surface area (Å²) in [6, 6.07) is 0. The zero-order valence-corrected chi connectivity index (χ0v) is 44.5. The van der Waals surface area contributed by atoms with E-state index in [4.69, 9.17) is 28.4 Å². The van der Waals surface area contributed by atoms with Crippen molar-refractivity contribution >= 4 is 41.6 Å². The summed E-state index contributed by atoms with van der Waals surface area (Å²) in [5.74, 6) is 1.98. The lowest BCUT2D eigenvalue weighted by Crippen LogP contribution is -2.37. The van der Waals surface area contributed by atoms with Crippen molar-refractivity contribution in [3.8, 4) is 0 Å². The highest BCUT2D eigenvalue weighted by Gasteiger charge is 2.34. The van der Waals surface area contributed by atoms with Gasteiger partial charge in [-0.1, -0.05) is 130 Å². The fraction of sp³-hybridized carbons (Fsp3) is 0.877. The van der Waals surface area contributed by atoms with Gasteiger partial charge in [-0.15, -0.1) is 0 Å². The lowest BCUT2D eigenvalue weighted by atomic mass is 9.81. The summed E-state index contributed by atoms with van der Waals surface area (Å²) in [6.07, 6.45) is 21.8. The predicted octanol–water partition coefficient (Wildman–Crippen LogP) is 11.8. The fourth-order valence-electron chi connectivity index (χ4n) is 10.6. The number of esters is 6. The Bertz CT molecular complexity index is 1410. The monoisotopic (exact) mass is 987 g/mol. The molecule has 70 heavy (non-hydrogen) atoms. The van der Waals surface area contributed by atoms with E-state index in [9.17, 15) is 33.6 Å². The maximum Gasteiger partial charge on any atom is 0.306 e. The lowest BCUT2D eigenvalue weighted by Gasteiger charge is -2.29. The number of carbonyl (C=O) groups is 7. The van der Waals surface area contributed by atoms with Gasteiger partial charge in [0, 0.05) is 38.5 Å². The maximum absolute atomic E-state index is 13.0. The molecule has 0 unspecified atom stereocenters. The zero-order chi connectivity index (χ0) is 50.9. The van der Waals surface area contributed by atoms with Crippen LogP contribution in [0.4, 0.5) is 0 Å². The molecule has 4 fully saturated rings. The minimum atomic E-state index is -0.998. The van der Waals surface area contributed by atoms with Crippen molar-refractivity contribution in [1.82, 2.24) is 0 Å². The van der Waals surface area contributed by atoms with E-state index in [1.165, 1.54) is 51.4 Å². The van der Waals surface area contributed by atoms with E-state index in [1.807, 2.05) is 0 Å². The van der Waals surface area contributed by atoms with Crippen LogP contribution in [0.3, 0.4) is 0 Å². The van der Waals surface area contributed by atoms with Crippen molar-refractivity contribution in [1.29, 1.82) is 0 Å². The Kier molecular flexibility index (Phi) is 26.3. The van der Waals surface area contributed by atoms with Crippen LogP contribution >= 0.6 is 0 Å². The van der Waals surface area contributed by atoms with Gasteiger partial charge in [0.2, 0.25) is 0 Å². The van der Waals surface area contributed by atoms with Crippen LogP contribution in [0.15, 0.2) is 0 Å². The summed E-state index contributed by atoms with van der Waals surface area (Å²) in [6.45, 7) is 11.8. The van der Waals surface area contributed by atoms with Crippen molar-refractivity contribution < 1.29 is 62.0 Å². The van der Waals surface area contributed by atoms with E-state index < -0.39 is 22.8 Å².